The van der Waals surface area contributed by atoms with Crippen LogP contribution in [0, 0.1) is 0 Å². The molecule has 5 heteroatoms. The summed E-state index contributed by atoms with van der Waals surface area (Å²) >= 11 is 0. The minimum Gasteiger partial charge on any atom is -0.452 e. The normalized spacial score (nSPS) is 16.4. The van der Waals surface area contributed by atoms with Crippen molar-refractivity contribution in [2.75, 3.05) is 13.2 Å². The molecule has 154 valence electrons. The van der Waals surface area contributed by atoms with E-state index in [4.69, 9.17) is 9.72 Å². The van der Waals surface area contributed by atoms with Crippen LogP contribution in [-0.2, 0) is 9.53 Å². The number of carbonyl (C=O) groups is 2. The van der Waals surface area contributed by atoms with E-state index in [2.05, 4.69) is 6.92 Å². The Morgan fingerprint density at radius 3 is 2.63 bits per heavy atom. The number of nitrogens with zero attached hydrogens (tertiary/aromatic N) is 2. The average Bonchev–Trinajstić information content (AvgIpc) is 2.82. The smallest absolute Gasteiger partial charge is 0.339 e. The van der Waals surface area contributed by atoms with E-state index < -0.39 is 5.97 Å². The van der Waals surface area contributed by atoms with Crippen LogP contribution in [0.15, 0.2) is 60.7 Å². The van der Waals surface area contributed by atoms with Crippen LogP contribution >= 0.6 is 0 Å². The van der Waals surface area contributed by atoms with E-state index in [1.165, 1.54) is 0 Å². The van der Waals surface area contributed by atoms with Gasteiger partial charge in [0, 0.05) is 23.5 Å². The minimum atomic E-state index is -0.496. The Kier molecular flexibility index (Phi) is 6.07. The molecule has 3 aromatic rings. The van der Waals surface area contributed by atoms with Crippen molar-refractivity contribution in [3.05, 3.63) is 66.2 Å². The second-order valence-electron chi connectivity index (χ2n) is 7.66. The van der Waals surface area contributed by atoms with Crippen LogP contribution in [-0.4, -0.2) is 41.0 Å². The van der Waals surface area contributed by atoms with Gasteiger partial charge in [-0.05, 0) is 37.8 Å². The summed E-state index contributed by atoms with van der Waals surface area (Å²) in [5.74, 6) is -0.610. The summed E-state index contributed by atoms with van der Waals surface area (Å²) in [7, 11) is 0. The van der Waals surface area contributed by atoms with E-state index in [-0.39, 0.29) is 18.6 Å². The molecular formula is C25H26N2O3. The van der Waals surface area contributed by atoms with Gasteiger partial charge in [-0.1, -0.05) is 55.5 Å². The number of likely N-dealkylation sites (tertiary alicyclic amines) is 1. The van der Waals surface area contributed by atoms with E-state index in [0.29, 0.717) is 11.3 Å². The number of aromatic nitrogens is 1. The van der Waals surface area contributed by atoms with Gasteiger partial charge in [0.2, 0.25) is 0 Å². The number of para-hydroxylation sites is 1. The van der Waals surface area contributed by atoms with Gasteiger partial charge in [-0.3, -0.25) is 4.79 Å². The van der Waals surface area contributed by atoms with Crippen LogP contribution < -0.4 is 0 Å². The summed E-state index contributed by atoms with van der Waals surface area (Å²) in [5, 5.41) is 0.721. The number of hydrogen-bond acceptors (Lipinski definition) is 4. The van der Waals surface area contributed by atoms with E-state index in [1.54, 1.807) is 6.07 Å². The molecule has 0 saturated carbocycles. The van der Waals surface area contributed by atoms with E-state index in [1.807, 2.05) is 59.5 Å². The molecular weight excluding hydrogens is 376 g/mol. The Bertz CT molecular complexity index is 1050. The summed E-state index contributed by atoms with van der Waals surface area (Å²) in [6, 6.07) is 19.2. The monoisotopic (exact) mass is 402 g/mol. The Labute approximate surface area is 176 Å². The number of esters is 1. The van der Waals surface area contributed by atoms with Crippen molar-refractivity contribution in [2.45, 2.75) is 38.6 Å². The molecule has 1 fully saturated rings. The predicted octanol–water partition coefficient (Wildman–Crippen LogP) is 4.85. The predicted molar refractivity (Wildman–Crippen MR) is 117 cm³/mol. The van der Waals surface area contributed by atoms with Crippen molar-refractivity contribution in [3.8, 4) is 11.3 Å². The van der Waals surface area contributed by atoms with E-state index in [0.717, 1.165) is 48.7 Å². The molecule has 0 N–H and O–H groups in total. The molecule has 4 rings (SSSR count). The number of rotatable bonds is 5. The number of benzene rings is 2. The first-order valence-corrected chi connectivity index (χ1v) is 10.6. The molecule has 1 aromatic heterocycles. The fraction of sp³-hybridized carbons (Fsp3) is 0.320. The molecule has 1 unspecified atom stereocenters. The highest BCUT2D eigenvalue weighted by atomic mass is 16.5. The van der Waals surface area contributed by atoms with E-state index >= 15 is 0 Å². The van der Waals surface area contributed by atoms with Gasteiger partial charge in [0.25, 0.3) is 5.91 Å². The standard InChI is InChI=1S/C25H26N2O3/c1-2-19-12-8-9-15-27(19)24(28)17-30-25(29)21-16-23(18-10-4-3-5-11-18)26-22-14-7-6-13-20(21)22/h3-7,10-11,13-14,16,19H,2,8-9,12,15,17H2,1H3. The van der Waals surface area contributed by atoms with Gasteiger partial charge in [0.05, 0.1) is 16.8 Å². The number of amides is 1. The Balaban J connectivity index is 1.57. The molecule has 1 atom stereocenters. The van der Waals surface area contributed by atoms with Crippen molar-refractivity contribution in [2.24, 2.45) is 0 Å². The highest BCUT2D eigenvalue weighted by molar-refractivity contribution is 6.05. The van der Waals surface area contributed by atoms with E-state index in [9.17, 15) is 9.59 Å². The zero-order chi connectivity index (χ0) is 20.9. The number of fused-ring (bicyclic) bond motifs is 1. The van der Waals surface area contributed by atoms with Gasteiger partial charge >= 0.3 is 5.97 Å². The van der Waals surface area contributed by atoms with Crippen molar-refractivity contribution in [1.82, 2.24) is 9.88 Å². The van der Waals surface area contributed by atoms with Gasteiger partial charge in [-0.25, -0.2) is 9.78 Å². The topological polar surface area (TPSA) is 59.5 Å². The molecule has 1 aliphatic rings. The first-order valence-electron chi connectivity index (χ1n) is 10.6. The summed E-state index contributed by atoms with van der Waals surface area (Å²) in [6.07, 6.45) is 4.10. The summed E-state index contributed by atoms with van der Waals surface area (Å²) < 4.78 is 5.48. The lowest BCUT2D eigenvalue weighted by molar-refractivity contribution is -0.138. The van der Waals surface area contributed by atoms with Crippen molar-refractivity contribution >= 4 is 22.8 Å². The molecule has 0 bridgehead atoms. The largest absolute Gasteiger partial charge is 0.452 e. The highest BCUT2D eigenvalue weighted by Crippen LogP contribution is 2.25. The second kappa shape index (κ2) is 9.08. The van der Waals surface area contributed by atoms with Gasteiger partial charge in [0.1, 0.15) is 0 Å². The molecule has 0 aliphatic carbocycles. The summed E-state index contributed by atoms with van der Waals surface area (Å²) in [5.41, 5.74) is 2.78. The highest BCUT2D eigenvalue weighted by Gasteiger charge is 2.26. The number of piperidine rings is 1. The van der Waals surface area contributed by atoms with Crippen molar-refractivity contribution in [1.29, 1.82) is 0 Å². The molecule has 0 spiro atoms. The molecule has 5 nitrogen and oxygen atoms in total. The zero-order valence-electron chi connectivity index (χ0n) is 17.2. The number of carbonyl (C=O) groups excluding carboxylic acids is 2. The average molecular weight is 402 g/mol. The quantitative estimate of drug-likeness (QED) is 0.573. The number of hydrogen-bond donors (Lipinski definition) is 0. The van der Waals surface area contributed by atoms with Crippen LogP contribution in [0.4, 0.5) is 0 Å². The molecule has 0 radical (unpaired) electrons. The van der Waals surface area contributed by atoms with Crippen LogP contribution in [0.25, 0.3) is 22.2 Å². The maximum Gasteiger partial charge on any atom is 0.339 e. The molecule has 1 aliphatic heterocycles. The van der Waals surface area contributed by atoms with Crippen molar-refractivity contribution in [3.63, 3.8) is 0 Å². The maximum atomic E-state index is 13.0. The fourth-order valence-corrected chi connectivity index (χ4v) is 4.14. The van der Waals surface area contributed by atoms with Gasteiger partial charge < -0.3 is 9.64 Å². The molecule has 1 saturated heterocycles. The fourth-order valence-electron chi connectivity index (χ4n) is 4.14. The number of pyridine rings is 1. The van der Waals surface area contributed by atoms with Crippen LogP contribution in [0.2, 0.25) is 0 Å². The minimum absolute atomic E-state index is 0.114. The molecule has 1 amide bonds. The van der Waals surface area contributed by atoms with Gasteiger partial charge in [-0.15, -0.1) is 0 Å². The summed E-state index contributed by atoms with van der Waals surface area (Å²) in [6.45, 7) is 2.61. The lowest BCUT2D eigenvalue weighted by Crippen LogP contribution is -2.45. The van der Waals surface area contributed by atoms with Gasteiger partial charge in [0.15, 0.2) is 6.61 Å². The van der Waals surface area contributed by atoms with Crippen LogP contribution in [0.5, 0.6) is 0 Å². The van der Waals surface area contributed by atoms with Gasteiger partial charge in [-0.2, -0.15) is 0 Å². The van der Waals surface area contributed by atoms with Crippen LogP contribution in [0.1, 0.15) is 43.0 Å². The third kappa shape index (κ3) is 4.20. The number of ether oxygens (including phenoxy) is 1. The second-order valence-corrected chi connectivity index (χ2v) is 7.66. The Morgan fingerprint density at radius 2 is 1.83 bits per heavy atom. The third-order valence-electron chi connectivity index (χ3n) is 5.75. The lowest BCUT2D eigenvalue weighted by Gasteiger charge is -2.35. The summed E-state index contributed by atoms with van der Waals surface area (Å²) in [4.78, 5) is 32.2. The third-order valence-corrected chi connectivity index (χ3v) is 5.75. The van der Waals surface area contributed by atoms with Crippen LogP contribution in [0.3, 0.4) is 0 Å². The first kappa shape index (κ1) is 20.1. The lowest BCUT2D eigenvalue weighted by atomic mass is 10.00. The van der Waals surface area contributed by atoms with Crippen molar-refractivity contribution < 1.29 is 14.3 Å². The first-order chi connectivity index (χ1) is 14.7. The molecule has 2 aromatic carbocycles. The Morgan fingerprint density at radius 1 is 1.07 bits per heavy atom. The zero-order valence-corrected chi connectivity index (χ0v) is 17.2. The maximum absolute atomic E-state index is 13.0. The SMILES string of the molecule is CCC1CCCCN1C(=O)COC(=O)c1cc(-c2ccccc2)nc2ccccc12. The molecule has 2 heterocycles. The Hall–Kier alpha value is -3.21. The molecule has 30 heavy (non-hydrogen) atoms.